The van der Waals surface area contributed by atoms with Crippen LogP contribution >= 0.6 is 11.3 Å². The summed E-state index contributed by atoms with van der Waals surface area (Å²) in [7, 11) is 0. The normalized spacial score (nSPS) is 27.1. The molecule has 2 heteroatoms. The molecule has 2 aromatic rings. The van der Waals surface area contributed by atoms with Gasteiger partial charge in [0, 0.05) is 16.4 Å². The molecule has 0 spiro atoms. The van der Waals surface area contributed by atoms with Crippen LogP contribution in [0.3, 0.4) is 0 Å². The number of benzene rings is 1. The lowest BCUT2D eigenvalue weighted by atomic mass is 9.74. The second kappa shape index (κ2) is 5.77. The SMILES string of the molecule is CC1CCC(C(C)C)C(Nc2ccc3sccc3c2)C1. The zero-order valence-corrected chi connectivity index (χ0v) is 13.5. The number of thiophene rings is 1. The molecule has 1 aliphatic carbocycles. The van der Waals surface area contributed by atoms with Crippen LogP contribution in [0.1, 0.15) is 40.0 Å². The Hall–Kier alpha value is -1.02. The number of hydrogen-bond donors (Lipinski definition) is 1. The van der Waals surface area contributed by atoms with Crippen LogP contribution in [-0.4, -0.2) is 6.04 Å². The molecule has 1 aromatic heterocycles. The molecule has 1 saturated carbocycles. The first-order valence-corrected chi connectivity index (χ1v) is 8.75. The van der Waals surface area contributed by atoms with Crippen LogP contribution in [0.4, 0.5) is 5.69 Å². The summed E-state index contributed by atoms with van der Waals surface area (Å²) in [4.78, 5) is 0. The number of hydrogen-bond acceptors (Lipinski definition) is 2. The summed E-state index contributed by atoms with van der Waals surface area (Å²) in [6, 6.07) is 9.65. The van der Waals surface area contributed by atoms with Gasteiger partial charge in [0.1, 0.15) is 0 Å². The summed E-state index contributed by atoms with van der Waals surface area (Å²) < 4.78 is 1.38. The van der Waals surface area contributed by atoms with E-state index in [2.05, 4.69) is 55.7 Å². The van der Waals surface area contributed by atoms with E-state index in [0.717, 1.165) is 17.8 Å². The molecular formula is C18H25NS. The van der Waals surface area contributed by atoms with Gasteiger partial charge in [-0.05, 0) is 65.6 Å². The average Bonchev–Trinajstić information content (AvgIpc) is 2.85. The van der Waals surface area contributed by atoms with Crippen LogP contribution in [0.15, 0.2) is 29.6 Å². The van der Waals surface area contributed by atoms with E-state index in [0.29, 0.717) is 6.04 Å². The molecule has 0 radical (unpaired) electrons. The minimum Gasteiger partial charge on any atom is -0.382 e. The molecule has 1 nitrogen and oxygen atoms in total. The van der Waals surface area contributed by atoms with E-state index in [-0.39, 0.29) is 0 Å². The molecule has 20 heavy (non-hydrogen) atoms. The van der Waals surface area contributed by atoms with Crippen molar-refractivity contribution < 1.29 is 0 Å². The van der Waals surface area contributed by atoms with Crippen LogP contribution in [0.2, 0.25) is 0 Å². The fourth-order valence-corrected chi connectivity index (χ4v) is 4.41. The summed E-state index contributed by atoms with van der Waals surface area (Å²) >= 11 is 1.82. The van der Waals surface area contributed by atoms with Crippen molar-refractivity contribution in [2.45, 2.75) is 46.1 Å². The van der Waals surface area contributed by atoms with Crippen LogP contribution in [0.5, 0.6) is 0 Å². The third-order valence-corrected chi connectivity index (χ3v) is 5.72. The average molecular weight is 287 g/mol. The smallest absolute Gasteiger partial charge is 0.0349 e. The quantitative estimate of drug-likeness (QED) is 0.755. The van der Waals surface area contributed by atoms with Gasteiger partial charge < -0.3 is 5.32 Å². The standard InChI is InChI=1S/C18H25NS/c1-12(2)16-6-4-13(3)10-17(16)19-15-5-7-18-14(11-15)8-9-20-18/h5,7-9,11-13,16-17,19H,4,6,10H2,1-3H3. The van der Waals surface area contributed by atoms with Crippen molar-refractivity contribution >= 4 is 27.1 Å². The van der Waals surface area contributed by atoms with Crippen molar-refractivity contribution in [2.24, 2.45) is 17.8 Å². The summed E-state index contributed by atoms with van der Waals surface area (Å²) in [5, 5.41) is 7.37. The van der Waals surface area contributed by atoms with E-state index in [1.807, 2.05) is 11.3 Å². The minimum atomic E-state index is 0.634. The molecule has 0 saturated heterocycles. The largest absolute Gasteiger partial charge is 0.382 e. The number of nitrogens with one attached hydrogen (secondary N) is 1. The van der Waals surface area contributed by atoms with Gasteiger partial charge in [-0.3, -0.25) is 0 Å². The topological polar surface area (TPSA) is 12.0 Å². The van der Waals surface area contributed by atoms with E-state index >= 15 is 0 Å². The summed E-state index contributed by atoms with van der Waals surface area (Å²) in [5.74, 6) is 2.43. The van der Waals surface area contributed by atoms with Crippen molar-refractivity contribution in [2.75, 3.05) is 5.32 Å². The molecule has 1 aliphatic rings. The molecule has 0 aliphatic heterocycles. The Morgan fingerprint density at radius 1 is 1.20 bits per heavy atom. The molecule has 0 bridgehead atoms. The Morgan fingerprint density at radius 3 is 2.85 bits per heavy atom. The Labute approximate surface area is 126 Å². The van der Waals surface area contributed by atoms with Gasteiger partial charge in [0.15, 0.2) is 0 Å². The van der Waals surface area contributed by atoms with E-state index in [4.69, 9.17) is 0 Å². The molecular weight excluding hydrogens is 262 g/mol. The maximum Gasteiger partial charge on any atom is 0.0349 e. The zero-order valence-electron chi connectivity index (χ0n) is 12.7. The molecule has 1 fully saturated rings. The highest BCUT2D eigenvalue weighted by Gasteiger charge is 2.30. The Kier molecular flexibility index (Phi) is 4.02. The van der Waals surface area contributed by atoms with Gasteiger partial charge in [0.05, 0.1) is 0 Å². The van der Waals surface area contributed by atoms with Gasteiger partial charge in [-0.25, -0.2) is 0 Å². The fraction of sp³-hybridized carbons (Fsp3) is 0.556. The molecule has 1 heterocycles. The van der Waals surface area contributed by atoms with Crippen molar-refractivity contribution in [3.63, 3.8) is 0 Å². The van der Waals surface area contributed by atoms with Crippen LogP contribution in [0.25, 0.3) is 10.1 Å². The van der Waals surface area contributed by atoms with Crippen molar-refractivity contribution in [3.8, 4) is 0 Å². The Bertz CT molecular complexity index is 572. The van der Waals surface area contributed by atoms with E-state index < -0.39 is 0 Å². The third kappa shape index (κ3) is 2.85. The number of fused-ring (bicyclic) bond motifs is 1. The summed E-state index contributed by atoms with van der Waals surface area (Å²) in [5.41, 5.74) is 1.29. The first-order chi connectivity index (χ1) is 9.63. The van der Waals surface area contributed by atoms with Gasteiger partial charge in [-0.15, -0.1) is 11.3 Å². The minimum absolute atomic E-state index is 0.634. The van der Waals surface area contributed by atoms with Gasteiger partial charge in [-0.2, -0.15) is 0 Å². The third-order valence-electron chi connectivity index (χ3n) is 4.83. The molecule has 108 valence electrons. The fourth-order valence-electron chi connectivity index (χ4n) is 3.64. The van der Waals surface area contributed by atoms with Crippen molar-refractivity contribution in [1.29, 1.82) is 0 Å². The second-order valence-electron chi connectivity index (χ2n) is 6.75. The van der Waals surface area contributed by atoms with Gasteiger partial charge in [0.25, 0.3) is 0 Å². The Morgan fingerprint density at radius 2 is 2.05 bits per heavy atom. The number of rotatable bonds is 3. The predicted octanol–water partition coefficient (Wildman–Crippen LogP) is 5.77. The van der Waals surface area contributed by atoms with Crippen molar-refractivity contribution in [1.82, 2.24) is 0 Å². The molecule has 3 rings (SSSR count). The maximum absolute atomic E-state index is 3.83. The lowest BCUT2D eigenvalue weighted by Crippen LogP contribution is -2.37. The molecule has 1 aromatic carbocycles. The van der Waals surface area contributed by atoms with Crippen LogP contribution in [-0.2, 0) is 0 Å². The first-order valence-electron chi connectivity index (χ1n) is 7.87. The highest BCUT2D eigenvalue weighted by molar-refractivity contribution is 7.17. The van der Waals surface area contributed by atoms with Gasteiger partial charge >= 0.3 is 0 Å². The van der Waals surface area contributed by atoms with Crippen molar-refractivity contribution in [3.05, 3.63) is 29.6 Å². The monoisotopic (exact) mass is 287 g/mol. The second-order valence-corrected chi connectivity index (χ2v) is 7.70. The summed E-state index contributed by atoms with van der Waals surface area (Å²) in [6.45, 7) is 7.14. The lowest BCUT2D eigenvalue weighted by molar-refractivity contribution is 0.212. The zero-order chi connectivity index (χ0) is 14.1. The molecule has 3 atom stereocenters. The van der Waals surface area contributed by atoms with Gasteiger partial charge in [0.2, 0.25) is 0 Å². The van der Waals surface area contributed by atoms with Gasteiger partial charge in [-0.1, -0.05) is 27.2 Å². The highest BCUT2D eigenvalue weighted by atomic mass is 32.1. The first kappa shape index (κ1) is 13.9. The van der Waals surface area contributed by atoms with Crippen LogP contribution < -0.4 is 5.32 Å². The predicted molar refractivity (Wildman–Crippen MR) is 90.6 cm³/mol. The highest BCUT2D eigenvalue weighted by Crippen LogP contribution is 2.35. The number of anilines is 1. The Balaban J connectivity index is 1.79. The summed E-state index contributed by atoms with van der Waals surface area (Å²) in [6.07, 6.45) is 4.08. The maximum atomic E-state index is 3.83. The van der Waals surface area contributed by atoms with Crippen LogP contribution in [0, 0.1) is 17.8 Å². The van der Waals surface area contributed by atoms with E-state index in [9.17, 15) is 0 Å². The lowest BCUT2D eigenvalue weighted by Gasteiger charge is -2.38. The molecule has 0 amide bonds. The van der Waals surface area contributed by atoms with E-state index in [1.54, 1.807) is 0 Å². The van der Waals surface area contributed by atoms with E-state index in [1.165, 1.54) is 35.0 Å². The molecule has 1 N–H and O–H groups in total. The molecule has 3 unspecified atom stereocenters.